The van der Waals surface area contributed by atoms with Crippen LogP contribution in [-0.4, -0.2) is 21.9 Å². The fraction of sp³-hybridized carbons (Fsp3) is 0.278. The summed E-state index contributed by atoms with van der Waals surface area (Å²) >= 11 is 1.80. The molecule has 0 bridgehead atoms. The largest absolute Gasteiger partial charge is 0.466 e. The third-order valence-electron chi connectivity index (χ3n) is 3.56. The number of nitrogens with zero attached hydrogens (tertiary/aromatic N) is 2. The number of hydrogen-bond donors (Lipinski definition) is 1. The second kappa shape index (κ2) is 7.57. The van der Waals surface area contributed by atoms with E-state index >= 15 is 0 Å². The van der Waals surface area contributed by atoms with E-state index in [0.717, 1.165) is 11.3 Å². The van der Waals surface area contributed by atoms with Gasteiger partial charge in [0.15, 0.2) is 0 Å². The summed E-state index contributed by atoms with van der Waals surface area (Å²) < 4.78 is 10.9. The minimum Gasteiger partial charge on any atom is -0.466 e. The molecular formula is C18H19N3O3S. The molecule has 0 fully saturated rings. The molecule has 0 saturated heterocycles. The van der Waals surface area contributed by atoms with E-state index < -0.39 is 0 Å². The summed E-state index contributed by atoms with van der Waals surface area (Å²) in [7, 11) is 0. The molecule has 0 aliphatic carbocycles. The number of furan rings is 1. The van der Waals surface area contributed by atoms with Crippen molar-refractivity contribution >= 4 is 23.7 Å². The molecule has 7 heteroatoms. The summed E-state index contributed by atoms with van der Waals surface area (Å²) in [5.41, 5.74) is 1.53. The predicted octanol–water partition coefficient (Wildman–Crippen LogP) is 4.23. The second-order valence-electron chi connectivity index (χ2n) is 5.54. The zero-order valence-corrected chi connectivity index (χ0v) is 15.1. The van der Waals surface area contributed by atoms with E-state index in [1.54, 1.807) is 31.7 Å². The van der Waals surface area contributed by atoms with Crippen LogP contribution in [0.4, 0.5) is 6.01 Å². The normalized spacial score (nSPS) is 10.8. The lowest BCUT2D eigenvalue weighted by Gasteiger charge is -2.01. The standard InChI is InChI=1S/C18H19N3O3S/c1-4-25-14-7-5-13(6-8-14)10-16-20-21-18(24-16)19-17(22)15-9-11(2)23-12(15)3/h5-9H,4,10H2,1-3H3,(H,19,21,22). The average molecular weight is 357 g/mol. The van der Waals surface area contributed by atoms with Gasteiger partial charge in [0.05, 0.1) is 12.0 Å². The van der Waals surface area contributed by atoms with Crippen LogP contribution in [0.2, 0.25) is 0 Å². The lowest BCUT2D eigenvalue weighted by molar-refractivity contribution is 0.102. The van der Waals surface area contributed by atoms with Gasteiger partial charge in [0.1, 0.15) is 11.5 Å². The van der Waals surface area contributed by atoms with Gasteiger partial charge >= 0.3 is 6.01 Å². The molecule has 2 heterocycles. The van der Waals surface area contributed by atoms with Crippen molar-refractivity contribution in [2.75, 3.05) is 11.1 Å². The molecule has 6 nitrogen and oxygen atoms in total. The van der Waals surface area contributed by atoms with Crippen molar-refractivity contribution in [1.29, 1.82) is 0 Å². The van der Waals surface area contributed by atoms with Gasteiger partial charge in [0.2, 0.25) is 5.89 Å². The fourth-order valence-corrected chi connectivity index (χ4v) is 3.10. The van der Waals surface area contributed by atoms with Gasteiger partial charge in [-0.15, -0.1) is 16.9 Å². The van der Waals surface area contributed by atoms with E-state index in [1.165, 1.54) is 4.90 Å². The SMILES string of the molecule is CCSc1ccc(Cc2nnc(NC(=O)c3cc(C)oc3C)o2)cc1. The van der Waals surface area contributed by atoms with Crippen LogP contribution in [0.1, 0.15) is 40.3 Å². The highest BCUT2D eigenvalue weighted by atomic mass is 32.2. The van der Waals surface area contributed by atoms with Crippen molar-refractivity contribution in [3.63, 3.8) is 0 Å². The second-order valence-corrected chi connectivity index (χ2v) is 6.87. The zero-order chi connectivity index (χ0) is 17.8. The lowest BCUT2D eigenvalue weighted by Crippen LogP contribution is -2.12. The summed E-state index contributed by atoms with van der Waals surface area (Å²) in [6.45, 7) is 5.65. The maximum absolute atomic E-state index is 12.2. The average Bonchev–Trinajstić information content (AvgIpc) is 3.15. The monoisotopic (exact) mass is 357 g/mol. The van der Waals surface area contributed by atoms with E-state index in [0.29, 0.717) is 29.4 Å². The van der Waals surface area contributed by atoms with Crippen LogP contribution in [0.5, 0.6) is 0 Å². The Labute approximate surface area is 150 Å². The number of aromatic nitrogens is 2. The van der Waals surface area contributed by atoms with E-state index in [-0.39, 0.29) is 11.9 Å². The third-order valence-corrected chi connectivity index (χ3v) is 4.46. The smallest absolute Gasteiger partial charge is 0.322 e. The molecule has 0 aliphatic heterocycles. The predicted molar refractivity (Wildman–Crippen MR) is 96.1 cm³/mol. The Morgan fingerprint density at radius 2 is 1.92 bits per heavy atom. The number of amides is 1. The molecule has 3 rings (SSSR count). The van der Waals surface area contributed by atoms with Crippen molar-refractivity contribution in [2.24, 2.45) is 0 Å². The molecular weight excluding hydrogens is 338 g/mol. The highest BCUT2D eigenvalue weighted by Crippen LogP contribution is 2.20. The van der Waals surface area contributed by atoms with Gasteiger partial charge in [0, 0.05) is 4.90 Å². The zero-order valence-electron chi connectivity index (χ0n) is 14.3. The molecule has 0 unspecified atom stereocenters. The number of thioether (sulfide) groups is 1. The Kier molecular flexibility index (Phi) is 5.23. The summed E-state index contributed by atoms with van der Waals surface area (Å²) in [6, 6.07) is 9.99. The fourth-order valence-electron chi connectivity index (χ4n) is 2.44. The molecule has 0 spiro atoms. The molecule has 25 heavy (non-hydrogen) atoms. The minimum atomic E-state index is -0.328. The van der Waals surface area contributed by atoms with Gasteiger partial charge in [-0.2, -0.15) is 0 Å². The third kappa shape index (κ3) is 4.30. The first-order valence-electron chi connectivity index (χ1n) is 7.97. The Morgan fingerprint density at radius 1 is 1.16 bits per heavy atom. The minimum absolute atomic E-state index is 0.0800. The maximum Gasteiger partial charge on any atom is 0.322 e. The molecule has 3 aromatic rings. The topological polar surface area (TPSA) is 81.2 Å². The van der Waals surface area contributed by atoms with Crippen LogP contribution in [0.3, 0.4) is 0 Å². The summed E-state index contributed by atoms with van der Waals surface area (Å²) in [5, 5.41) is 10.5. The number of carbonyl (C=O) groups excluding carboxylic acids is 1. The number of carbonyl (C=O) groups is 1. The van der Waals surface area contributed by atoms with Crippen molar-refractivity contribution in [3.05, 3.63) is 58.9 Å². The highest BCUT2D eigenvalue weighted by Gasteiger charge is 2.16. The first-order chi connectivity index (χ1) is 12.0. The van der Waals surface area contributed by atoms with Crippen LogP contribution in [0, 0.1) is 13.8 Å². The van der Waals surface area contributed by atoms with E-state index in [1.807, 2.05) is 12.1 Å². The quantitative estimate of drug-likeness (QED) is 0.665. The number of benzene rings is 1. The van der Waals surface area contributed by atoms with Gasteiger partial charge in [-0.05, 0) is 43.4 Å². The van der Waals surface area contributed by atoms with Crippen LogP contribution in [0.25, 0.3) is 0 Å². The van der Waals surface area contributed by atoms with Crippen LogP contribution < -0.4 is 5.32 Å². The van der Waals surface area contributed by atoms with Gasteiger partial charge in [-0.25, -0.2) is 0 Å². The molecule has 0 saturated carbocycles. The first kappa shape index (κ1) is 17.3. The van der Waals surface area contributed by atoms with Crippen LogP contribution >= 0.6 is 11.8 Å². The number of anilines is 1. The molecule has 0 aliphatic rings. The van der Waals surface area contributed by atoms with Gasteiger partial charge in [-0.3, -0.25) is 10.1 Å². The lowest BCUT2D eigenvalue weighted by atomic mass is 10.1. The van der Waals surface area contributed by atoms with Gasteiger partial charge in [-0.1, -0.05) is 24.2 Å². The van der Waals surface area contributed by atoms with E-state index in [4.69, 9.17) is 8.83 Å². The van der Waals surface area contributed by atoms with Gasteiger partial charge < -0.3 is 8.83 Å². The van der Waals surface area contributed by atoms with Crippen molar-refractivity contribution in [2.45, 2.75) is 32.1 Å². The van der Waals surface area contributed by atoms with Crippen LogP contribution in [0.15, 0.2) is 44.1 Å². The molecule has 2 aromatic heterocycles. The van der Waals surface area contributed by atoms with E-state index in [9.17, 15) is 4.79 Å². The van der Waals surface area contributed by atoms with Crippen molar-refractivity contribution in [1.82, 2.24) is 10.2 Å². The van der Waals surface area contributed by atoms with Crippen molar-refractivity contribution < 1.29 is 13.6 Å². The molecule has 130 valence electrons. The molecule has 0 radical (unpaired) electrons. The van der Waals surface area contributed by atoms with E-state index in [2.05, 4.69) is 34.6 Å². The summed E-state index contributed by atoms with van der Waals surface area (Å²) in [6.07, 6.45) is 0.518. The van der Waals surface area contributed by atoms with Crippen molar-refractivity contribution in [3.8, 4) is 0 Å². The Morgan fingerprint density at radius 3 is 2.56 bits per heavy atom. The Bertz CT molecular complexity index is 868. The van der Waals surface area contributed by atoms with Gasteiger partial charge in [0.25, 0.3) is 5.91 Å². The molecule has 1 aromatic carbocycles. The summed E-state index contributed by atoms with van der Waals surface area (Å²) in [5.74, 6) is 2.40. The molecule has 0 atom stereocenters. The summed E-state index contributed by atoms with van der Waals surface area (Å²) in [4.78, 5) is 13.4. The number of hydrogen-bond acceptors (Lipinski definition) is 6. The number of rotatable bonds is 6. The highest BCUT2D eigenvalue weighted by molar-refractivity contribution is 7.99. The molecule has 1 amide bonds. The Balaban J connectivity index is 1.64. The first-order valence-corrected chi connectivity index (χ1v) is 8.96. The number of aryl methyl sites for hydroxylation is 2. The van der Waals surface area contributed by atoms with Crippen LogP contribution in [-0.2, 0) is 6.42 Å². The maximum atomic E-state index is 12.2. The molecule has 1 N–H and O–H groups in total. The number of nitrogens with one attached hydrogen (secondary N) is 1. The Hall–Kier alpha value is -2.54.